The molecule has 5 heteroatoms. The number of carbonyl (C=O) groups is 2. The van der Waals surface area contributed by atoms with E-state index in [2.05, 4.69) is 4.74 Å². The van der Waals surface area contributed by atoms with Crippen LogP contribution in [0.1, 0.15) is 12.0 Å². The highest BCUT2D eigenvalue weighted by atomic mass is 35.5. The fraction of sp³-hybridized carbons (Fsp3) is 0.0909. The fourth-order valence-electron chi connectivity index (χ4n) is 1.35. The topological polar surface area (TPSA) is 43.4 Å². The first-order chi connectivity index (χ1) is 7.56. The summed E-state index contributed by atoms with van der Waals surface area (Å²) in [5.74, 6) is -1.77. The average Bonchev–Trinajstić information content (AvgIpc) is 2.51. The van der Waals surface area contributed by atoms with Gasteiger partial charge in [-0.05, 0) is 23.8 Å². The van der Waals surface area contributed by atoms with Crippen molar-refractivity contribution in [2.24, 2.45) is 0 Å². The second kappa shape index (κ2) is 4.06. The SMILES string of the molecule is O=C1C/C(=C\c2ccc(F)c(Cl)c2)C(=O)O1. The van der Waals surface area contributed by atoms with Gasteiger partial charge in [0.15, 0.2) is 0 Å². The van der Waals surface area contributed by atoms with Crippen LogP contribution >= 0.6 is 11.6 Å². The van der Waals surface area contributed by atoms with Crippen LogP contribution in [0.2, 0.25) is 5.02 Å². The molecule has 3 nitrogen and oxygen atoms in total. The van der Waals surface area contributed by atoms with Gasteiger partial charge in [-0.2, -0.15) is 0 Å². The lowest BCUT2D eigenvalue weighted by molar-refractivity contribution is -0.151. The van der Waals surface area contributed by atoms with Crippen LogP contribution < -0.4 is 0 Å². The van der Waals surface area contributed by atoms with Crippen LogP contribution in [0.3, 0.4) is 0 Å². The third-order valence-corrected chi connectivity index (χ3v) is 2.38. The Kier molecular flexibility index (Phi) is 2.75. The number of esters is 2. The summed E-state index contributed by atoms with van der Waals surface area (Å²) < 4.78 is 17.2. The highest BCUT2D eigenvalue weighted by Crippen LogP contribution is 2.21. The molecule has 1 aromatic carbocycles. The van der Waals surface area contributed by atoms with Crippen LogP contribution in [0.5, 0.6) is 0 Å². The molecule has 1 saturated heterocycles. The van der Waals surface area contributed by atoms with Gasteiger partial charge in [0.25, 0.3) is 0 Å². The first-order valence-electron chi connectivity index (χ1n) is 4.47. The Bertz CT molecular complexity index is 508. The molecule has 0 unspecified atom stereocenters. The van der Waals surface area contributed by atoms with Crippen LogP contribution in [0, 0.1) is 5.82 Å². The molecule has 0 atom stereocenters. The van der Waals surface area contributed by atoms with Gasteiger partial charge in [-0.1, -0.05) is 17.7 Å². The molecule has 0 aliphatic carbocycles. The molecule has 0 saturated carbocycles. The zero-order valence-electron chi connectivity index (χ0n) is 8.00. The number of ether oxygens (including phenoxy) is 1. The molecule has 2 rings (SSSR count). The minimum atomic E-state index is -0.662. The summed E-state index contributed by atoms with van der Waals surface area (Å²) in [4.78, 5) is 21.9. The van der Waals surface area contributed by atoms with Crippen LogP contribution in [0.25, 0.3) is 6.08 Å². The minimum Gasteiger partial charge on any atom is -0.389 e. The van der Waals surface area contributed by atoms with Gasteiger partial charge in [0.1, 0.15) is 5.82 Å². The van der Waals surface area contributed by atoms with Gasteiger partial charge in [0, 0.05) is 5.57 Å². The van der Waals surface area contributed by atoms with Crippen LogP contribution in [0.4, 0.5) is 4.39 Å². The van der Waals surface area contributed by atoms with Gasteiger partial charge in [-0.25, -0.2) is 9.18 Å². The third-order valence-electron chi connectivity index (χ3n) is 2.09. The number of cyclic esters (lactones) is 2. The van der Waals surface area contributed by atoms with Gasteiger partial charge in [0.05, 0.1) is 11.4 Å². The lowest BCUT2D eigenvalue weighted by Gasteiger charge is -1.97. The van der Waals surface area contributed by atoms with E-state index in [4.69, 9.17) is 11.6 Å². The maximum Gasteiger partial charge on any atom is 0.342 e. The van der Waals surface area contributed by atoms with E-state index in [0.717, 1.165) is 0 Å². The quantitative estimate of drug-likeness (QED) is 0.430. The van der Waals surface area contributed by atoms with E-state index in [0.29, 0.717) is 5.56 Å². The van der Waals surface area contributed by atoms with E-state index in [1.807, 2.05) is 0 Å². The normalized spacial score (nSPS) is 18.0. The molecule has 1 heterocycles. The molecule has 0 radical (unpaired) electrons. The molecule has 1 aliphatic heterocycles. The molecule has 0 amide bonds. The average molecular weight is 241 g/mol. The van der Waals surface area contributed by atoms with Gasteiger partial charge in [-0.15, -0.1) is 0 Å². The molecule has 1 fully saturated rings. The number of rotatable bonds is 1. The van der Waals surface area contributed by atoms with E-state index in [1.54, 1.807) is 0 Å². The Morgan fingerprint density at radius 1 is 1.38 bits per heavy atom. The van der Waals surface area contributed by atoms with E-state index in [9.17, 15) is 14.0 Å². The first kappa shape index (κ1) is 10.8. The Morgan fingerprint density at radius 2 is 2.12 bits per heavy atom. The molecular weight excluding hydrogens is 235 g/mol. The highest BCUT2D eigenvalue weighted by molar-refractivity contribution is 6.30. The van der Waals surface area contributed by atoms with Gasteiger partial charge < -0.3 is 4.74 Å². The number of halogens is 2. The summed E-state index contributed by atoms with van der Waals surface area (Å²) in [6.07, 6.45) is 1.40. The molecule has 16 heavy (non-hydrogen) atoms. The molecule has 0 aromatic heterocycles. The zero-order valence-corrected chi connectivity index (χ0v) is 8.75. The summed E-state index contributed by atoms with van der Waals surface area (Å²) in [5.41, 5.74) is 0.792. The first-order valence-corrected chi connectivity index (χ1v) is 4.84. The van der Waals surface area contributed by atoms with Crippen molar-refractivity contribution in [3.63, 3.8) is 0 Å². The van der Waals surface area contributed by atoms with E-state index >= 15 is 0 Å². The molecule has 0 spiro atoms. The van der Waals surface area contributed by atoms with Crippen molar-refractivity contribution in [3.8, 4) is 0 Å². The summed E-state index contributed by atoms with van der Waals surface area (Å²) in [7, 11) is 0. The van der Waals surface area contributed by atoms with Crippen LogP contribution in [0.15, 0.2) is 23.8 Å². The molecular formula is C11H6ClFO3. The molecule has 1 aliphatic rings. The second-order valence-corrected chi connectivity index (χ2v) is 3.69. The van der Waals surface area contributed by atoms with Crippen molar-refractivity contribution >= 4 is 29.6 Å². The number of hydrogen-bond donors (Lipinski definition) is 0. The number of benzene rings is 1. The van der Waals surface area contributed by atoms with Crippen molar-refractivity contribution in [1.82, 2.24) is 0 Å². The monoisotopic (exact) mass is 240 g/mol. The van der Waals surface area contributed by atoms with Crippen LogP contribution in [-0.4, -0.2) is 11.9 Å². The summed E-state index contributed by atoms with van der Waals surface area (Å²) in [5, 5.41) is -0.0351. The summed E-state index contributed by atoms with van der Waals surface area (Å²) in [6.45, 7) is 0. The molecule has 0 bridgehead atoms. The van der Waals surface area contributed by atoms with Gasteiger partial charge in [-0.3, -0.25) is 4.79 Å². The Balaban J connectivity index is 2.32. The lowest BCUT2D eigenvalue weighted by atomic mass is 10.1. The smallest absolute Gasteiger partial charge is 0.342 e. The molecule has 1 aromatic rings. The summed E-state index contributed by atoms with van der Waals surface area (Å²) >= 11 is 5.58. The third kappa shape index (κ3) is 2.12. The summed E-state index contributed by atoms with van der Waals surface area (Å²) in [6, 6.07) is 4.03. The predicted octanol–water partition coefficient (Wildman–Crippen LogP) is 2.34. The van der Waals surface area contributed by atoms with E-state index in [-0.39, 0.29) is 17.0 Å². The van der Waals surface area contributed by atoms with E-state index < -0.39 is 17.8 Å². The zero-order chi connectivity index (χ0) is 11.7. The van der Waals surface area contributed by atoms with Crippen molar-refractivity contribution in [3.05, 3.63) is 40.2 Å². The van der Waals surface area contributed by atoms with Crippen molar-refractivity contribution < 1.29 is 18.7 Å². The van der Waals surface area contributed by atoms with Crippen molar-refractivity contribution in [2.75, 3.05) is 0 Å². The Hall–Kier alpha value is -1.68. The predicted molar refractivity (Wildman–Crippen MR) is 55.1 cm³/mol. The maximum atomic E-state index is 12.9. The largest absolute Gasteiger partial charge is 0.389 e. The van der Waals surface area contributed by atoms with Crippen molar-refractivity contribution in [2.45, 2.75) is 6.42 Å². The van der Waals surface area contributed by atoms with Crippen molar-refractivity contribution in [1.29, 1.82) is 0 Å². The standard InChI is InChI=1S/C11H6ClFO3/c12-8-4-6(1-2-9(8)13)3-7-5-10(14)16-11(7)15/h1-4H,5H2/b7-3+. The fourth-order valence-corrected chi connectivity index (χ4v) is 1.53. The second-order valence-electron chi connectivity index (χ2n) is 3.28. The molecule has 0 N–H and O–H groups in total. The highest BCUT2D eigenvalue weighted by Gasteiger charge is 2.26. The van der Waals surface area contributed by atoms with Crippen LogP contribution in [-0.2, 0) is 14.3 Å². The Labute approximate surface area is 95.5 Å². The molecule has 82 valence electrons. The number of hydrogen-bond acceptors (Lipinski definition) is 3. The maximum absolute atomic E-state index is 12.9. The Morgan fingerprint density at radius 3 is 2.69 bits per heavy atom. The minimum absolute atomic E-state index is 0.0351. The van der Waals surface area contributed by atoms with E-state index in [1.165, 1.54) is 24.3 Å². The lowest BCUT2D eigenvalue weighted by Crippen LogP contribution is -1.96. The van der Waals surface area contributed by atoms with Gasteiger partial charge in [0.2, 0.25) is 0 Å². The van der Waals surface area contributed by atoms with Gasteiger partial charge >= 0.3 is 11.9 Å². The number of carbonyl (C=O) groups excluding carboxylic acids is 2.